The number of piperazine rings is 1. The maximum Gasteiger partial charge on any atom is 0.317 e. The van der Waals surface area contributed by atoms with Gasteiger partial charge in [-0.3, -0.25) is 4.98 Å². The lowest BCUT2D eigenvalue weighted by Gasteiger charge is -2.36. The van der Waals surface area contributed by atoms with E-state index in [1.165, 1.54) is 24.9 Å². The number of likely N-dealkylation sites (tertiary alicyclic amines) is 1. The number of piperidine rings is 1. The van der Waals surface area contributed by atoms with Crippen molar-refractivity contribution in [2.45, 2.75) is 58.5 Å². The fourth-order valence-corrected chi connectivity index (χ4v) is 5.46. The maximum atomic E-state index is 12.4. The zero-order chi connectivity index (χ0) is 25.2. The van der Waals surface area contributed by atoms with Crippen LogP contribution < -0.4 is 10.2 Å². The molecule has 1 atom stereocenters. The quantitative estimate of drug-likeness (QED) is 0.581. The van der Waals surface area contributed by atoms with E-state index in [0.717, 1.165) is 42.1 Å². The second-order valence-corrected chi connectivity index (χ2v) is 10.8. The molecule has 2 aliphatic rings. The Morgan fingerprint density at radius 1 is 1.06 bits per heavy atom. The Morgan fingerprint density at radius 2 is 1.86 bits per heavy atom. The summed E-state index contributed by atoms with van der Waals surface area (Å²) >= 11 is 0. The van der Waals surface area contributed by atoms with Crippen LogP contribution in [0.4, 0.5) is 10.5 Å². The van der Waals surface area contributed by atoms with Gasteiger partial charge in [0.05, 0.1) is 16.9 Å². The number of hydrogen-bond acceptors (Lipinski definition) is 5. The van der Waals surface area contributed by atoms with Crippen LogP contribution in [0.15, 0.2) is 42.9 Å². The molecule has 2 aliphatic heterocycles. The zero-order valence-electron chi connectivity index (χ0n) is 22.0. The monoisotopic (exact) mass is 489 g/mol. The average Bonchev–Trinajstić information content (AvgIpc) is 3.33. The SMILES string of the molecule is CC(C)NC(=O)N1CCN(c2ccnn3cc(-c4ccc([C@H]5CCCN(C(C)C)C5)cn4)cc23)CC1. The molecule has 2 amide bonds. The van der Waals surface area contributed by atoms with E-state index < -0.39 is 0 Å². The van der Waals surface area contributed by atoms with Gasteiger partial charge in [-0.1, -0.05) is 6.07 Å². The molecule has 1 N–H and O–H groups in total. The summed E-state index contributed by atoms with van der Waals surface area (Å²) in [6, 6.07) is 9.44. The number of carbonyl (C=O) groups excluding carboxylic acids is 1. The molecule has 192 valence electrons. The minimum Gasteiger partial charge on any atom is -0.366 e. The van der Waals surface area contributed by atoms with Gasteiger partial charge in [0.2, 0.25) is 0 Å². The molecule has 3 aromatic rings. The Bertz CT molecular complexity index is 1180. The van der Waals surface area contributed by atoms with Crippen LogP contribution in [0.1, 0.15) is 52.0 Å². The first-order valence-corrected chi connectivity index (χ1v) is 13.4. The molecule has 3 aromatic heterocycles. The first kappa shape index (κ1) is 24.6. The molecule has 36 heavy (non-hydrogen) atoms. The van der Waals surface area contributed by atoms with E-state index in [1.54, 1.807) is 0 Å². The number of anilines is 1. The lowest BCUT2D eigenvalue weighted by Crippen LogP contribution is -2.53. The molecule has 5 rings (SSSR count). The summed E-state index contributed by atoms with van der Waals surface area (Å²) in [5.41, 5.74) is 5.60. The normalized spacial score (nSPS) is 19.4. The molecule has 5 heterocycles. The minimum absolute atomic E-state index is 0.0224. The van der Waals surface area contributed by atoms with E-state index >= 15 is 0 Å². The number of aromatic nitrogens is 3. The molecule has 2 saturated heterocycles. The van der Waals surface area contributed by atoms with Crippen LogP contribution in [0.3, 0.4) is 0 Å². The van der Waals surface area contributed by atoms with E-state index in [9.17, 15) is 4.79 Å². The van der Waals surface area contributed by atoms with Crippen molar-refractivity contribution in [1.29, 1.82) is 0 Å². The molecule has 8 nitrogen and oxygen atoms in total. The van der Waals surface area contributed by atoms with Crippen LogP contribution in [-0.2, 0) is 0 Å². The van der Waals surface area contributed by atoms with Crippen molar-refractivity contribution in [2.75, 3.05) is 44.2 Å². The van der Waals surface area contributed by atoms with Crippen LogP contribution in [-0.4, -0.2) is 81.8 Å². The lowest BCUT2D eigenvalue weighted by atomic mass is 9.91. The van der Waals surface area contributed by atoms with Gasteiger partial charge in [0.1, 0.15) is 0 Å². The third kappa shape index (κ3) is 5.19. The predicted molar refractivity (Wildman–Crippen MR) is 145 cm³/mol. The number of nitrogens with one attached hydrogen (secondary N) is 1. The topological polar surface area (TPSA) is 69.0 Å². The molecule has 0 aliphatic carbocycles. The largest absolute Gasteiger partial charge is 0.366 e. The number of rotatable bonds is 5. The zero-order valence-corrected chi connectivity index (χ0v) is 22.0. The molecular formula is C28H39N7O. The summed E-state index contributed by atoms with van der Waals surface area (Å²) in [5, 5.41) is 7.55. The smallest absolute Gasteiger partial charge is 0.317 e. The summed E-state index contributed by atoms with van der Waals surface area (Å²) in [4.78, 5) is 24.1. The summed E-state index contributed by atoms with van der Waals surface area (Å²) in [6.07, 6.45) is 8.47. The minimum atomic E-state index is 0.0224. The lowest BCUT2D eigenvalue weighted by molar-refractivity contribution is 0.167. The number of hydrogen-bond donors (Lipinski definition) is 1. The fraction of sp³-hybridized carbons (Fsp3) is 0.536. The van der Waals surface area contributed by atoms with Gasteiger partial charge in [-0.05, 0) is 76.8 Å². The van der Waals surface area contributed by atoms with Crippen LogP contribution in [0, 0.1) is 0 Å². The van der Waals surface area contributed by atoms with Gasteiger partial charge in [0.15, 0.2) is 0 Å². The van der Waals surface area contributed by atoms with Crippen LogP contribution in [0.25, 0.3) is 16.8 Å². The predicted octanol–water partition coefficient (Wildman–Crippen LogP) is 4.22. The van der Waals surface area contributed by atoms with Crippen molar-refractivity contribution in [3.63, 3.8) is 0 Å². The number of nitrogens with zero attached hydrogens (tertiary/aromatic N) is 6. The Labute approximate surface area is 214 Å². The first-order chi connectivity index (χ1) is 17.4. The number of pyridine rings is 1. The maximum absolute atomic E-state index is 12.4. The molecule has 0 unspecified atom stereocenters. The first-order valence-electron chi connectivity index (χ1n) is 13.4. The van der Waals surface area contributed by atoms with Gasteiger partial charge in [0, 0.05) is 69.0 Å². The Balaban J connectivity index is 1.30. The molecule has 2 fully saturated rings. The molecule has 0 aromatic carbocycles. The highest BCUT2D eigenvalue weighted by Gasteiger charge is 2.25. The average molecular weight is 490 g/mol. The van der Waals surface area contributed by atoms with Crippen LogP contribution in [0.2, 0.25) is 0 Å². The van der Waals surface area contributed by atoms with Crippen molar-refractivity contribution >= 4 is 17.2 Å². The van der Waals surface area contributed by atoms with Crippen LogP contribution in [0.5, 0.6) is 0 Å². The fourth-order valence-electron chi connectivity index (χ4n) is 5.46. The van der Waals surface area contributed by atoms with Crippen molar-refractivity contribution in [1.82, 2.24) is 29.7 Å². The van der Waals surface area contributed by atoms with Crippen molar-refractivity contribution in [3.05, 3.63) is 48.4 Å². The number of urea groups is 1. The second kappa shape index (κ2) is 10.5. The van der Waals surface area contributed by atoms with E-state index in [-0.39, 0.29) is 12.1 Å². The van der Waals surface area contributed by atoms with E-state index in [0.29, 0.717) is 25.0 Å². The van der Waals surface area contributed by atoms with Gasteiger partial charge in [-0.15, -0.1) is 0 Å². The van der Waals surface area contributed by atoms with Crippen molar-refractivity contribution in [2.24, 2.45) is 0 Å². The van der Waals surface area contributed by atoms with Crippen LogP contribution >= 0.6 is 0 Å². The second-order valence-electron chi connectivity index (χ2n) is 10.8. The Morgan fingerprint density at radius 3 is 2.56 bits per heavy atom. The third-order valence-electron chi connectivity index (χ3n) is 7.54. The van der Waals surface area contributed by atoms with E-state index in [1.807, 2.05) is 29.5 Å². The van der Waals surface area contributed by atoms with Gasteiger partial charge in [-0.25, -0.2) is 9.31 Å². The molecule has 0 saturated carbocycles. The van der Waals surface area contributed by atoms with Gasteiger partial charge < -0.3 is 20.0 Å². The number of amides is 2. The Kier molecular flexibility index (Phi) is 7.14. The molecular weight excluding hydrogens is 450 g/mol. The van der Waals surface area contributed by atoms with Gasteiger partial charge in [-0.2, -0.15) is 5.10 Å². The highest BCUT2D eigenvalue weighted by Crippen LogP contribution is 2.31. The van der Waals surface area contributed by atoms with Crippen molar-refractivity contribution in [3.8, 4) is 11.3 Å². The van der Waals surface area contributed by atoms with E-state index in [2.05, 4.69) is 70.7 Å². The number of carbonyl (C=O) groups is 1. The van der Waals surface area contributed by atoms with E-state index in [4.69, 9.17) is 4.98 Å². The summed E-state index contributed by atoms with van der Waals surface area (Å²) in [6.45, 7) is 13.9. The highest BCUT2D eigenvalue weighted by molar-refractivity contribution is 5.79. The Hall–Kier alpha value is -3.13. The summed E-state index contributed by atoms with van der Waals surface area (Å²) < 4.78 is 1.94. The molecule has 0 bridgehead atoms. The standard InChI is InChI=1S/C28H39N7O/c1-20(2)31-28(36)33-14-12-32(13-15-33)26-9-10-30-35-19-24(16-27(26)35)25-8-7-22(17-29-25)23-6-5-11-34(18-23)21(3)4/h7-10,16-17,19-21,23H,5-6,11-15,18H2,1-4H3,(H,31,36)/t23-/m0/s1. The van der Waals surface area contributed by atoms with Gasteiger partial charge >= 0.3 is 6.03 Å². The highest BCUT2D eigenvalue weighted by atomic mass is 16.2. The third-order valence-corrected chi connectivity index (χ3v) is 7.54. The molecule has 0 spiro atoms. The number of fused-ring (bicyclic) bond motifs is 1. The van der Waals surface area contributed by atoms with Gasteiger partial charge in [0.25, 0.3) is 0 Å². The summed E-state index contributed by atoms with van der Waals surface area (Å²) in [7, 11) is 0. The molecule has 8 heteroatoms. The molecule has 0 radical (unpaired) electrons. The van der Waals surface area contributed by atoms with Crippen molar-refractivity contribution < 1.29 is 4.79 Å². The summed E-state index contributed by atoms with van der Waals surface area (Å²) in [5.74, 6) is 0.561.